The van der Waals surface area contributed by atoms with Gasteiger partial charge in [0.25, 0.3) is 11.3 Å². The van der Waals surface area contributed by atoms with Crippen LogP contribution in [0.25, 0.3) is 0 Å². The molecule has 0 aliphatic heterocycles. The van der Waals surface area contributed by atoms with E-state index in [1.54, 1.807) is 0 Å². The second-order valence-electron chi connectivity index (χ2n) is 5.13. The molecule has 0 aromatic carbocycles. The molecule has 0 bridgehead atoms. The van der Waals surface area contributed by atoms with Gasteiger partial charge in [0.1, 0.15) is 5.50 Å². The summed E-state index contributed by atoms with van der Waals surface area (Å²) in [5.41, 5.74) is -16.4. The lowest BCUT2D eigenvalue weighted by Crippen LogP contribution is -2.58. The lowest BCUT2D eigenvalue weighted by molar-refractivity contribution is -0.357. The average Bonchev–Trinajstić information content (AvgIpc) is 2.31. The number of thiol groups is 1. The van der Waals surface area contributed by atoms with Crippen molar-refractivity contribution in [1.29, 1.82) is 0 Å². The zero-order chi connectivity index (χ0) is 21.6. The topological polar surface area (TPSA) is 0 Å². The summed E-state index contributed by atoms with van der Waals surface area (Å²) in [4.78, 5) is 0. The summed E-state index contributed by atoms with van der Waals surface area (Å²) in [5, 5.41) is 0. The third kappa shape index (κ3) is 4.77. The monoisotopic (exact) mass is 444 g/mol. The molecular weight excluding hydrogens is 437 g/mol. The van der Waals surface area contributed by atoms with Crippen LogP contribution in [0.15, 0.2) is 0 Å². The summed E-state index contributed by atoms with van der Waals surface area (Å²) >= 11 is 2.53. The van der Waals surface area contributed by atoms with E-state index in [1.807, 2.05) is 0 Å². The van der Waals surface area contributed by atoms with Crippen LogP contribution in [0.5, 0.6) is 0 Å². The molecule has 0 amide bonds. The molecule has 0 rings (SSSR count). The molecule has 0 spiro atoms. The van der Waals surface area contributed by atoms with Crippen LogP contribution in [0.2, 0.25) is 0 Å². The average molecular weight is 444 g/mol. The van der Waals surface area contributed by atoms with Crippen molar-refractivity contribution in [2.45, 2.75) is 54.4 Å². The summed E-state index contributed by atoms with van der Waals surface area (Å²) in [6.07, 6.45) is -34.2. The van der Waals surface area contributed by atoms with E-state index in [0.29, 0.717) is 0 Å². The Morgan fingerprint density at radius 2 is 0.692 bits per heavy atom. The Balaban J connectivity index is 6.11. The number of alkyl halides is 15. The molecule has 0 heterocycles. The minimum Gasteiger partial charge on any atom is -0.236 e. The molecule has 0 aliphatic carbocycles. The van der Waals surface area contributed by atoms with Gasteiger partial charge in [0.15, 0.2) is 0 Å². The fraction of sp³-hybridized carbons (Fsp3) is 1.00. The SMILES string of the molecule is FC(S)C(CC(F)(C(F)(F)F)C(F)(F)F)CC(F)(C(F)(F)F)C(F)(F)F. The van der Waals surface area contributed by atoms with Crippen molar-refractivity contribution >= 4 is 12.6 Å². The highest BCUT2D eigenvalue weighted by molar-refractivity contribution is 7.80. The van der Waals surface area contributed by atoms with Gasteiger partial charge in [-0.15, -0.1) is 12.6 Å². The first-order valence-corrected chi connectivity index (χ1v) is 6.50. The van der Waals surface area contributed by atoms with E-state index >= 15 is 0 Å². The number of hydrogen-bond acceptors (Lipinski definition) is 1. The van der Waals surface area contributed by atoms with E-state index in [0.717, 1.165) is 0 Å². The van der Waals surface area contributed by atoms with Gasteiger partial charge >= 0.3 is 24.7 Å². The first kappa shape index (κ1) is 25.3. The van der Waals surface area contributed by atoms with Crippen molar-refractivity contribution in [2.75, 3.05) is 0 Å². The van der Waals surface area contributed by atoms with E-state index in [1.165, 1.54) is 0 Å². The third-order valence-electron chi connectivity index (χ3n) is 3.27. The van der Waals surface area contributed by atoms with Gasteiger partial charge in [0, 0.05) is 18.8 Å². The highest BCUT2D eigenvalue weighted by Gasteiger charge is 2.76. The third-order valence-corrected chi connectivity index (χ3v) is 3.69. The largest absolute Gasteiger partial charge is 0.431 e. The van der Waals surface area contributed by atoms with Crippen LogP contribution in [0, 0.1) is 5.92 Å². The molecule has 0 radical (unpaired) electrons. The highest BCUT2D eigenvalue weighted by Crippen LogP contribution is 2.55. The summed E-state index contributed by atoms with van der Waals surface area (Å²) in [7, 11) is 0. The van der Waals surface area contributed by atoms with Crippen LogP contribution in [-0.2, 0) is 0 Å². The molecule has 0 nitrogen and oxygen atoms in total. The van der Waals surface area contributed by atoms with E-state index < -0.39 is 60.3 Å². The standard InChI is InChI=1S/C10H7F15S/c11-4(26)3(1-5(12,7(14,15)16)8(17,18)19)2-6(13,9(20,21)22)10(23,24)25/h3-4,26H,1-2H2. The molecule has 0 saturated heterocycles. The molecule has 1 atom stereocenters. The smallest absolute Gasteiger partial charge is 0.236 e. The van der Waals surface area contributed by atoms with Gasteiger partial charge in [-0.3, -0.25) is 0 Å². The Morgan fingerprint density at radius 1 is 0.500 bits per heavy atom. The lowest BCUT2D eigenvalue weighted by atomic mass is 9.83. The molecule has 1 unspecified atom stereocenters. The van der Waals surface area contributed by atoms with E-state index in [9.17, 15) is 65.9 Å². The van der Waals surface area contributed by atoms with Gasteiger partial charge in [-0.1, -0.05) is 0 Å². The van der Waals surface area contributed by atoms with Gasteiger partial charge in [0.2, 0.25) is 0 Å². The second kappa shape index (κ2) is 7.04. The molecule has 26 heavy (non-hydrogen) atoms. The molecule has 0 saturated carbocycles. The fourth-order valence-corrected chi connectivity index (χ4v) is 1.98. The molecule has 0 aromatic rings. The van der Waals surface area contributed by atoms with Gasteiger partial charge < -0.3 is 0 Å². The van der Waals surface area contributed by atoms with Crippen molar-refractivity contribution in [3.05, 3.63) is 0 Å². The maximum absolute atomic E-state index is 13.4. The molecule has 0 aromatic heterocycles. The van der Waals surface area contributed by atoms with Crippen LogP contribution < -0.4 is 0 Å². The quantitative estimate of drug-likeness (QED) is 0.375. The summed E-state index contributed by atoms with van der Waals surface area (Å²) in [5.74, 6) is -3.69. The maximum atomic E-state index is 13.4. The zero-order valence-corrected chi connectivity index (χ0v) is 12.6. The second-order valence-corrected chi connectivity index (χ2v) is 5.63. The Bertz CT molecular complexity index is 399. The molecular formula is C10H7F15S. The van der Waals surface area contributed by atoms with Crippen LogP contribution in [-0.4, -0.2) is 41.5 Å². The zero-order valence-electron chi connectivity index (χ0n) is 11.7. The minimum absolute atomic E-state index is 2.53. The number of rotatable bonds is 5. The van der Waals surface area contributed by atoms with Crippen molar-refractivity contribution in [2.24, 2.45) is 5.92 Å². The Labute approximate surface area is 140 Å². The van der Waals surface area contributed by atoms with E-state index in [-0.39, 0.29) is 0 Å². The van der Waals surface area contributed by atoms with E-state index in [2.05, 4.69) is 12.6 Å². The number of hydrogen-bond donors (Lipinski definition) is 1. The Kier molecular flexibility index (Phi) is 6.85. The molecule has 0 N–H and O–H groups in total. The normalized spacial score (nSPS) is 17.0. The lowest BCUT2D eigenvalue weighted by Gasteiger charge is -2.37. The van der Waals surface area contributed by atoms with Crippen LogP contribution in [0.4, 0.5) is 65.9 Å². The van der Waals surface area contributed by atoms with Crippen molar-refractivity contribution in [3.8, 4) is 0 Å². The fourth-order valence-electron chi connectivity index (χ4n) is 1.77. The van der Waals surface area contributed by atoms with Crippen LogP contribution >= 0.6 is 12.6 Å². The van der Waals surface area contributed by atoms with Crippen molar-refractivity contribution in [1.82, 2.24) is 0 Å². The Morgan fingerprint density at radius 3 is 0.808 bits per heavy atom. The minimum atomic E-state index is -6.89. The molecule has 158 valence electrons. The van der Waals surface area contributed by atoms with Gasteiger partial charge in [-0.2, -0.15) is 52.7 Å². The summed E-state index contributed by atoms with van der Waals surface area (Å²) in [6, 6.07) is 0. The van der Waals surface area contributed by atoms with Crippen molar-refractivity contribution in [3.63, 3.8) is 0 Å². The first-order valence-electron chi connectivity index (χ1n) is 5.98. The van der Waals surface area contributed by atoms with Gasteiger partial charge in [-0.05, 0) is 0 Å². The molecule has 0 fully saturated rings. The van der Waals surface area contributed by atoms with Gasteiger partial charge in [-0.25, -0.2) is 13.2 Å². The molecule has 16 heteroatoms. The summed E-state index contributed by atoms with van der Waals surface area (Å²) < 4.78 is 188. The van der Waals surface area contributed by atoms with Crippen LogP contribution in [0.3, 0.4) is 0 Å². The highest BCUT2D eigenvalue weighted by atomic mass is 32.1. The van der Waals surface area contributed by atoms with Gasteiger partial charge in [0.05, 0.1) is 0 Å². The first-order chi connectivity index (χ1) is 11.0. The maximum Gasteiger partial charge on any atom is 0.431 e. The van der Waals surface area contributed by atoms with Crippen molar-refractivity contribution < 1.29 is 65.9 Å². The number of halogens is 15. The van der Waals surface area contributed by atoms with E-state index in [4.69, 9.17) is 0 Å². The summed E-state index contributed by atoms with van der Waals surface area (Å²) in [6.45, 7) is 0. The van der Waals surface area contributed by atoms with Crippen LogP contribution in [0.1, 0.15) is 12.8 Å². The Hall–Kier alpha value is -0.700. The predicted molar refractivity (Wildman–Crippen MR) is 58.5 cm³/mol. The molecule has 0 aliphatic rings. The predicted octanol–water partition coefficient (Wildman–Crippen LogP) is 6.27.